The molecule has 1 heterocycles. The first-order chi connectivity index (χ1) is 12.9. The molecule has 2 rings (SSSR count). The molecule has 148 valence electrons. The minimum absolute atomic E-state index is 0.00961. The van der Waals surface area contributed by atoms with Crippen molar-refractivity contribution in [2.75, 3.05) is 46.9 Å². The van der Waals surface area contributed by atoms with Gasteiger partial charge in [0, 0.05) is 46.1 Å². The van der Waals surface area contributed by atoms with Crippen LogP contribution in [0.2, 0.25) is 0 Å². The summed E-state index contributed by atoms with van der Waals surface area (Å²) in [5, 5.41) is 2.77. The summed E-state index contributed by atoms with van der Waals surface area (Å²) in [6.45, 7) is 4.03. The van der Waals surface area contributed by atoms with E-state index in [2.05, 4.69) is 5.32 Å². The summed E-state index contributed by atoms with van der Waals surface area (Å²) in [5.41, 5.74) is 0.803. The van der Waals surface area contributed by atoms with E-state index in [-0.39, 0.29) is 37.1 Å². The Hall–Kier alpha value is -2.77. The van der Waals surface area contributed by atoms with Crippen LogP contribution in [0.1, 0.15) is 18.9 Å². The van der Waals surface area contributed by atoms with Crippen molar-refractivity contribution < 1.29 is 23.9 Å². The third-order valence-electron chi connectivity index (χ3n) is 4.55. The van der Waals surface area contributed by atoms with E-state index in [1.807, 2.05) is 0 Å². The Labute approximate surface area is 159 Å². The highest BCUT2D eigenvalue weighted by molar-refractivity contribution is 5.81. The zero-order valence-corrected chi connectivity index (χ0v) is 16.1. The SMILES string of the molecule is COc1ccc(CC(=O)NCCC(=O)N2CCN(C(C)=O)CC2)cc1OC. The number of amides is 3. The highest BCUT2D eigenvalue weighted by atomic mass is 16.5. The molecule has 1 N–H and O–H groups in total. The lowest BCUT2D eigenvalue weighted by atomic mass is 10.1. The van der Waals surface area contributed by atoms with Crippen molar-refractivity contribution in [2.24, 2.45) is 0 Å². The van der Waals surface area contributed by atoms with Gasteiger partial charge < -0.3 is 24.6 Å². The van der Waals surface area contributed by atoms with E-state index in [0.29, 0.717) is 37.7 Å². The van der Waals surface area contributed by atoms with Crippen LogP contribution >= 0.6 is 0 Å². The molecule has 1 saturated heterocycles. The first-order valence-electron chi connectivity index (χ1n) is 8.95. The first kappa shape index (κ1) is 20.5. The summed E-state index contributed by atoms with van der Waals surface area (Å²) in [5.74, 6) is 1.05. The van der Waals surface area contributed by atoms with Crippen molar-refractivity contribution >= 4 is 17.7 Å². The van der Waals surface area contributed by atoms with Crippen molar-refractivity contribution in [1.82, 2.24) is 15.1 Å². The summed E-state index contributed by atoms with van der Waals surface area (Å²) >= 11 is 0. The van der Waals surface area contributed by atoms with Crippen LogP contribution in [0.5, 0.6) is 11.5 Å². The zero-order chi connectivity index (χ0) is 19.8. The largest absolute Gasteiger partial charge is 0.493 e. The second-order valence-corrected chi connectivity index (χ2v) is 6.35. The van der Waals surface area contributed by atoms with Crippen LogP contribution in [-0.2, 0) is 20.8 Å². The number of methoxy groups -OCH3 is 2. The van der Waals surface area contributed by atoms with Gasteiger partial charge in [-0.2, -0.15) is 0 Å². The molecule has 1 aliphatic rings. The minimum Gasteiger partial charge on any atom is -0.493 e. The first-order valence-corrected chi connectivity index (χ1v) is 8.95. The fraction of sp³-hybridized carbons (Fsp3) is 0.526. The van der Waals surface area contributed by atoms with Crippen LogP contribution in [0.4, 0.5) is 0 Å². The summed E-state index contributed by atoms with van der Waals surface area (Å²) in [7, 11) is 3.10. The second-order valence-electron chi connectivity index (χ2n) is 6.35. The van der Waals surface area contributed by atoms with Gasteiger partial charge in [0.1, 0.15) is 0 Å². The van der Waals surface area contributed by atoms with Crippen LogP contribution < -0.4 is 14.8 Å². The van der Waals surface area contributed by atoms with Gasteiger partial charge in [0.05, 0.1) is 20.6 Å². The highest BCUT2D eigenvalue weighted by Gasteiger charge is 2.22. The lowest BCUT2D eigenvalue weighted by Crippen LogP contribution is -2.50. The van der Waals surface area contributed by atoms with Gasteiger partial charge in [-0.1, -0.05) is 6.07 Å². The van der Waals surface area contributed by atoms with E-state index in [9.17, 15) is 14.4 Å². The summed E-state index contributed by atoms with van der Waals surface area (Å²) in [6, 6.07) is 5.32. The number of piperazine rings is 1. The average Bonchev–Trinajstić information content (AvgIpc) is 2.67. The van der Waals surface area contributed by atoms with Gasteiger partial charge in [0.25, 0.3) is 0 Å². The number of nitrogens with zero attached hydrogens (tertiary/aromatic N) is 2. The zero-order valence-electron chi connectivity index (χ0n) is 16.1. The van der Waals surface area contributed by atoms with E-state index in [4.69, 9.17) is 9.47 Å². The number of rotatable bonds is 7. The minimum atomic E-state index is -0.156. The molecule has 0 saturated carbocycles. The monoisotopic (exact) mass is 377 g/mol. The van der Waals surface area contributed by atoms with Gasteiger partial charge in [-0.15, -0.1) is 0 Å². The third-order valence-corrected chi connectivity index (χ3v) is 4.55. The Bertz CT molecular complexity index is 684. The number of carbonyl (C=O) groups excluding carboxylic acids is 3. The molecule has 27 heavy (non-hydrogen) atoms. The second kappa shape index (κ2) is 9.80. The maximum absolute atomic E-state index is 12.2. The lowest BCUT2D eigenvalue weighted by Gasteiger charge is -2.34. The molecule has 1 aliphatic heterocycles. The Morgan fingerprint density at radius 3 is 2.22 bits per heavy atom. The molecule has 1 fully saturated rings. The van der Waals surface area contributed by atoms with Gasteiger partial charge in [0.15, 0.2) is 11.5 Å². The number of nitrogens with one attached hydrogen (secondary N) is 1. The molecule has 0 bridgehead atoms. The standard InChI is InChI=1S/C19H27N3O5/c1-14(23)21-8-10-22(11-9-21)19(25)6-7-20-18(24)13-15-4-5-16(26-2)17(12-15)27-3/h4-5,12H,6-11,13H2,1-3H3,(H,20,24). The van der Waals surface area contributed by atoms with E-state index < -0.39 is 0 Å². The quantitative estimate of drug-likeness (QED) is 0.745. The molecule has 0 aliphatic carbocycles. The Morgan fingerprint density at radius 2 is 1.63 bits per heavy atom. The fourth-order valence-electron chi connectivity index (χ4n) is 2.98. The Kier molecular flexibility index (Phi) is 7.45. The van der Waals surface area contributed by atoms with Crippen molar-refractivity contribution in [3.63, 3.8) is 0 Å². The molecule has 8 nitrogen and oxygen atoms in total. The fourth-order valence-corrected chi connectivity index (χ4v) is 2.98. The Morgan fingerprint density at radius 1 is 1.00 bits per heavy atom. The van der Waals surface area contributed by atoms with E-state index in [0.717, 1.165) is 5.56 Å². The van der Waals surface area contributed by atoms with Gasteiger partial charge in [-0.05, 0) is 17.7 Å². The summed E-state index contributed by atoms with van der Waals surface area (Å²) in [6.07, 6.45) is 0.448. The summed E-state index contributed by atoms with van der Waals surface area (Å²) in [4.78, 5) is 39.1. The van der Waals surface area contributed by atoms with Crippen molar-refractivity contribution in [1.29, 1.82) is 0 Å². The normalized spacial score (nSPS) is 13.9. The van der Waals surface area contributed by atoms with Crippen LogP contribution in [0.25, 0.3) is 0 Å². The molecule has 0 radical (unpaired) electrons. The average molecular weight is 377 g/mol. The lowest BCUT2D eigenvalue weighted by molar-refractivity contribution is -0.138. The number of hydrogen-bond acceptors (Lipinski definition) is 5. The molecule has 3 amide bonds. The predicted molar refractivity (Wildman–Crippen MR) is 99.7 cm³/mol. The molecule has 0 atom stereocenters. The molecule has 1 aromatic rings. The van der Waals surface area contributed by atoms with Crippen molar-refractivity contribution in [2.45, 2.75) is 19.8 Å². The molecule has 8 heteroatoms. The smallest absolute Gasteiger partial charge is 0.224 e. The molecule has 0 aromatic heterocycles. The van der Waals surface area contributed by atoms with E-state index in [1.165, 1.54) is 6.92 Å². The van der Waals surface area contributed by atoms with E-state index >= 15 is 0 Å². The molecule has 0 unspecified atom stereocenters. The van der Waals surface area contributed by atoms with Crippen molar-refractivity contribution in [3.05, 3.63) is 23.8 Å². The van der Waals surface area contributed by atoms with Crippen LogP contribution in [0.15, 0.2) is 18.2 Å². The van der Waals surface area contributed by atoms with Crippen LogP contribution in [0, 0.1) is 0 Å². The summed E-state index contributed by atoms with van der Waals surface area (Å²) < 4.78 is 10.4. The topological polar surface area (TPSA) is 88.2 Å². The van der Waals surface area contributed by atoms with Gasteiger partial charge in [0.2, 0.25) is 17.7 Å². The predicted octanol–water partition coefficient (Wildman–Crippen LogP) is 0.443. The van der Waals surface area contributed by atoms with E-state index in [1.54, 1.807) is 42.2 Å². The number of carbonyl (C=O) groups is 3. The van der Waals surface area contributed by atoms with Crippen LogP contribution in [0.3, 0.4) is 0 Å². The number of hydrogen-bond donors (Lipinski definition) is 1. The van der Waals surface area contributed by atoms with Crippen LogP contribution in [-0.4, -0.2) is 74.5 Å². The molecule has 1 aromatic carbocycles. The van der Waals surface area contributed by atoms with Gasteiger partial charge in [-0.25, -0.2) is 0 Å². The van der Waals surface area contributed by atoms with Gasteiger partial charge >= 0.3 is 0 Å². The maximum Gasteiger partial charge on any atom is 0.224 e. The number of ether oxygens (including phenoxy) is 2. The molecule has 0 spiro atoms. The third kappa shape index (κ3) is 5.87. The molecular weight excluding hydrogens is 350 g/mol. The number of benzene rings is 1. The molecular formula is C19H27N3O5. The maximum atomic E-state index is 12.2. The van der Waals surface area contributed by atoms with Gasteiger partial charge in [-0.3, -0.25) is 14.4 Å². The highest BCUT2D eigenvalue weighted by Crippen LogP contribution is 2.27. The van der Waals surface area contributed by atoms with Crippen molar-refractivity contribution in [3.8, 4) is 11.5 Å². The Balaban J connectivity index is 1.73.